The molecule has 0 fully saturated rings. The number of anilines is 1. The lowest BCUT2D eigenvalue weighted by Gasteiger charge is -2.07. The molecule has 0 aliphatic heterocycles. The van der Waals surface area contributed by atoms with Gasteiger partial charge in [0.25, 0.3) is 0 Å². The average molecular weight is 280 g/mol. The lowest BCUT2D eigenvalue weighted by atomic mass is 10.2. The number of carbonyl (C=O) groups excluding carboxylic acids is 1. The Labute approximate surface area is 116 Å². The fraction of sp³-hybridized carbons (Fsp3) is 0.231. The molecular weight excluding hydrogens is 266 g/mol. The molecule has 19 heavy (non-hydrogen) atoms. The summed E-state index contributed by atoms with van der Waals surface area (Å²) in [7, 11) is 0. The molecule has 5 nitrogen and oxygen atoms in total. The van der Waals surface area contributed by atoms with Gasteiger partial charge in [-0.2, -0.15) is 0 Å². The summed E-state index contributed by atoms with van der Waals surface area (Å²) < 4.78 is 7.07. The molecule has 1 heterocycles. The van der Waals surface area contributed by atoms with E-state index in [0.717, 1.165) is 5.82 Å². The van der Waals surface area contributed by atoms with Crippen LogP contribution in [-0.2, 0) is 11.3 Å². The van der Waals surface area contributed by atoms with Crippen LogP contribution < -0.4 is 5.73 Å². The van der Waals surface area contributed by atoms with E-state index in [2.05, 4.69) is 4.98 Å². The molecule has 100 valence electrons. The lowest BCUT2D eigenvalue weighted by Crippen LogP contribution is -2.12. The normalized spacial score (nSPS) is 10.4. The van der Waals surface area contributed by atoms with Crippen molar-refractivity contribution in [2.75, 3.05) is 12.3 Å². The van der Waals surface area contributed by atoms with Crippen LogP contribution in [0.1, 0.15) is 16.2 Å². The van der Waals surface area contributed by atoms with Crippen LogP contribution in [0.4, 0.5) is 5.69 Å². The summed E-state index contributed by atoms with van der Waals surface area (Å²) in [6.45, 7) is 2.74. The van der Waals surface area contributed by atoms with E-state index >= 15 is 0 Å². The highest BCUT2D eigenvalue weighted by atomic mass is 35.5. The second kappa shape index (κ2) is 5.75. The minimum absolute atomic E-state index is 0.276. The molecule has 2 aromatic rings. The monoisotopic (exact) mass is 279 g/mol. The highest BCUT2D eigenvalue weighted by molar-refractivity contribution is 6.33. The molecular formula is C13H14ClN3O2. The summed E-state index contributed by atoms with van der Waals surface area (Å²) >= 11 is 5.79. The van der Waals surface area contributed by atoms with Crippen molar-refractivity contribution in [3.63, 3.8) is 0 Å². The number of nitrogens with zero attached hydrogens (tertiary/aromatic N) is 2. The van der Waals surface area contributed by atoms with Gasteiger partial charge in [0, 0.05) is 12.4 Å². The number of rotatable bonds is 4. The SMILES string of the molecule is Cc1nccn1CCOC(=O)c1ccc(Cl)c(N)c1. The number of hydrogen-bond donors (Lipinski definition) is 1. The fourth-order valence-electron chi connectivity index (χ4n) is 1.63. The quantitative estimate of drug-likeness (QED) is 0.688. The van der Waals surface area contributed by atoms with Crippen molar-refractivity contribution < 1.29 is 9.53 Å². The Bertz CT molecular complexity index is 595. The molecule has 2 N–H and O–H groups in total. The van der Waals surface area contributed by atoms with Gasteiger partial charge in [0.1, 0.15) is 12.4 Å². The summed E-state index contributed by atoms with van der Waals surface area (Å²) in [6, 6.07) is 4.67. The topological polar surface area (TPSA) is 70.1 Å². The largest absolute Gasteiger partial charge is 0.460 e. The summed E-state index contributed by atoms with van der Waals surface area (Å²) in [5.74, 6) is 0.466. The Morgan fingerprint density at radius 2 is 2.32 bits per heavy atom. The van der Waals surface area contributed by atoms with Crippen molar-refractivity contribution in [3.8, 4) is 0 Å². The first-order valence-electron chi connectivity index (χ1n) is 5.78. The Hall–Kier alpha value is -2.01. The Kier molecular flexibility index (Phi) is 4.06. The molecule has 6 heteroatoms. The number of nitrogens with two attached hydrogens (primary N) is 1. The van der Waals surface area contributed by atoms with Crippen molar-refractivity contribution in [2.24, 2.45) is 0 Å². The molecule has 0 spiro atoms. The van der Waals surface area contributed by atoms with E-state index in [9.17, 15) is 4.79 Å². The lowest BCUT2D eigenvalue weighted by molar-refractivity contribution is 0.0490. The molecule has 0 saturated carbocycles. The van der Waals surface area contributed by atoms with Crippen LogP contribution in [0.3, 0.4) is 0 Å². The molecule has 2 rings (SSSR count). The second-order valence-electron chi connectivity index (χ2n) is 4.04. The predicted molar refractivity (Wildman–Crippen MR) is 73.1 cm³/mol. The average Bonchev–Trinajstić information content (AvgIpc) is 2.78. The Morgan fingerprint density at radius 3 is 2.95 bits per heavy atom. The van der Waals surface area contributed by atoms with Gasteiger partial charge in [-0.05, 0) is 25.1 Å². The van der Waals surface area contributed by atoms with Gasteiger partial charge < -0.3 is 15.0 Å². The van der Waals surface area contributed by atoms with Crippen molar-refractivity contribution in [1.82, 2.24) is 9.55 Å². The number of benzene rings is 1. The zero-order chi connectivity index (χ0) is 13.8. The molecule has 0 atom stereocenters. The third-order valence-corrected chi connectivity index (χ3v) is 3.06. The van der Waals surface area contributed by atoms with E-state index in [4.69, 9.17) is 22.1 Å². The number of hydrogen-bond acceptors (Lipinski definition) is 4. The summed E-state index contributed by atoms with van der Waals surface area (Å²) in [5.41, 5.74) is 6.39. The molecule has 1 aromatic carbocycles. The van der Waals surface area contributed by atoms with E-state index in [1.807, 2.05) is 17.7 Å². The highest BCUT2D eigenvalue weighted by Gasteiger charge is 2.09. The third-order valence-electron chi connectivity index (χ3n) is 2.72. The van der Waals surface area contributed by atoms with Gasteiger partial charge in [-0.15, -0.1) is 0 Å². The van der Waals surface area contributed by atoms with Crippen LogP contribution in [0, 0.1) is 6.92 Å². The molecule has 0 unspecified atom stereocenters. The van der Waals surface area contributed by atoms with Crippen molar-refractivity contribution in [1.29, 1.82) is 0 Å². The molecule has 0 bridgehead atoms. The number of ether oxygens (including phenoxy) is 1. The maximum absolute atomic E-state index is 11.8. The van der Waals surface area contributed by atoms with E-state index < -0.39 is 5.97 Å². The van der Waals surface area contributed by atoms with Crippen LogP contribution in [0.2, 0.25) is 5.02 Å². The molecule has 0 amide bonds. The summed E-state index contributed by atoms with van der Waals surface area (Å²) in [5, 5.41) is 0.422. The molecule has 1 aromatic heterocycles. The Balaban J connectivity index is 1.91. The van der Waals surface area contributed by atoms with Gasteiger partial charge in [0.05, 0.1) is 22.8 Å². The third kappa shape index (κ3) is 3.26. The van der Waals surface area contributed by atoms with E-state index in [1.54, 1.807) is 18.3 Å². The number of nitrogen functional groups attached to an aromatic ring is 1. The minimum Gasteiger partial charge on any atom is -0.460 e. The van der Waals surface area contributed by atoms with Gasteiger partial charge in [0.15, 0.2) is 0 Å². The van der Waals surface area contributed by atoms with E-state index in [-0.39, 0.29) is 6.61 Å². The number of halogens is 1. The van der Waals surface area contributed by atoms with Crippen molar-refractivity contribution >= 4 is 23.3 Å². The standard InChI is InChI=1S/C13H14ClN3O2/c1-9-16-4-5-17(9)6-7-19-13(18)10-2-3-11(14)12(15)8-10/h2-5,8H,6-7,15H2,1H3. The zero-order valence-electron chi connectivity index (χ0n) is 10.5. The van der Waals surface area contributed by atoms with Crippen molar-refractivity contribution in [2.45, 2.75) is 13.5 Å². The number of carbonyl (C=O) groups is 1. The molecule has 0 saturated heterocycles. The van der Waals surface area contributed by atoms with Crippen LogP contribution >= 0.6 is 11.6 Å². The maximum Gasteiger partial charge on any atom is 0.338 e. The highest BCUT2D eigenvalue weighted by Crippen LogP contribution is 2.19. The van der Waals surface area contributed by atoms with Crippen LogP contribution in [0.25, 0.3) is 0 Å². The fourth-order valence-corrected chi connectivity index (χ4v) is 1.75. The molecule has 0 aliphatic carbocycles. The van der Waals surface area contributed by atoms with Crippen LogP contribution in [0.5, 0.6) is 0 Å². The minimum atomic E-state index is -0.416. The smallest absolute Gasteiger partial charge is 0.338 e. The van der Waals surface area contributed by atoms with Gasteiger partial charge in [-0.1, -0.05) is 11.6 Å². The first kappa shape index (κ1) is 13.4. The van der Waals surface area contributed by atoms with Gasteiger partial charge >= 0.3 is 5.97 Å². The van der Waals surface area contributed by atoms with Gasteiger partial charge in [-0.25, -0.2) is 9.78 Å². The molecule has 0 radical (unpaired) electrons. The van der Waals surface area contributed by atoms with Crippen LogP contribution in [0.15, 0.2) is 30.6 Å². The van der Waals surface area contributed by atoms with Crippen molar-refractivity contribution in [3.05, 3.63) is 47.0 Å². The first-order chi connectivity index (χ1) is 9.08. The van der Waals surface area contributed by atoms with Crippen LogP contribution in [-0.4, -0.2) is 22.1 Å². The number of aromatic nitrogens is 2. The number of imidazole rings is 1. The maximum atomic E-state index is 11.8. The van der Waals surface area contributed by atoms with Gasteiger partial charge in [-0.3, -0.25) is 0 Å². The second-order valence-corrected chi connectivity index (χ2v) is 4.45. The predicted octanol–water partition coefficient (Wildman–Crippen LogP) is 2.28. The van der Waals surface area contributed by atoms with E-state index in [1.165, 1.54) is 6.07 Å². The molecule has 0 aliphatic rings. The summed E-state index contributed by atoms with van der Waals surface area (Å²) in [6.07, 6.45) is 3.54. The Morgan fingerprint density at radius 1 is 1.53 bits per heavy atom. The summed E-state index contributed by atoms with van der Waals surface area (Å²) in [4.78, 5) is 15.9. The number of esters is 1. The van der Waals surface area contributed by atoms with E-state index in [0.29, 0.717) is 22.8 Å². The van der Waals surface area contributed by atoms with Gasteiger partial charge in [0.2, 0.25) is 0 Å². The first-order valence-corrected chi connectivity index (χ1v) is 6.15. The zero-order valence-corrected chi connectivity index (χ0v) is 11.2. The number of aryl methyl sites for hydroxylation is 1.